The van der Waals surface area contributed by atoms with Gasteiger partial charge in [0.1, 0.15) is 0 Å². The summed E-state index contributed by atoms with van der Waals surface area (Å²) in [7, 11) is 0. The summed E-state index contributed by atoms with van der Waals surface area (Å²) < 4.78 is 0. The van der Waals surface area contributed by atoms with E-state index in [1.807, 2.05) is 24.3 Å². The molecule has 0 saturated heterocycles. The lowest BCUT2D eigenvalue weighted by Gasteiger charge is -2.16. The van der Waals surface area contributed by atoms with Crippen molar-refractivity contribution in [2.24, 2.45) is 0 Å². The van der Waals surface area contributed by atoms with E-state index in [9.17, 15) is 0 Å². The Hall–Kier alpha value is -1.82. The van der Waals surface area contributed by atoms with Crippen LogP contribution in [0.5, 0.6) is 0 Å². The minimum absolute atomic E-state index is 0.233. The van der Waals surface area contributed by atoms with Crippen molar-refractivity contribution in [2.75, 3.05) is 6.54 Å². The molecule has 0 fully saturated rings. The maximum absolute atomic E-state index is 8.98. The molecular formula is C18H19ClN2. The predicted molar refractivity (Wildman–Crippen MR) is 88.3 cm³/mol. The Morgan fingerprint density at radius 1 is 1.19 bits per heavy atom. The molecule has 0 aliphatic heterocycles. The van der Waals surface area contributed by atoms with Gasteiger partial charge in [0.15, 0.2) is 0 Å². The van der Waals surface area contributed by atoms with Crippen LogP contribution in [0.2, 0.25) is 5.02 Å². The molecule has 0 radical (unpaired) electrons. The van der Waals surface area contributed by atoms with Crippen LogP contribution in [-0.4, -0.2) is 6.54 Å². The summed E-state index contributed by atoms with van der Waals surface area (Å²) in [6.07, 6.45) is 1.10. The zero-order valence-corrected chi connectivity index (χ0v) is 13.1. The average molecular weight is 299 g/mol. The van der Waals surface area contributed by atoms with Gasteiger partial charge in [-0.05, 0) is 54.8 Å². The van der Waals surface area contributed by atoms with Gasteiger partial charge in [-0.3, -0.25) is 0 Å². The van der Waals surface area contributed by atoms with Gasteiger partial charge in [-0.1, -0.05) is 42.8 Å². The van der Waals surface area contributed by atoms with Crippen LogP contribution in [0.1, 0.15) is 37.4 Å². The molecule has 2 aromatic carbocycles. The van der Waals surface area contributed by atoms with Gasteiger partial charge < -0.3 is 5.32 Å². The highest BCUT2D eigenvalue weighted by molar-refractivity contribution is 6.31. The zero-order chi connectivity index (χ0) is 15.2. The third-order valence-electron chi connectivity index (χ3n) is 3.49. The highest BCUT2D eigenvalue weighted by Crippen LogP contribution is 2.29. The van der Waals surface area contributed by atoms with Crippen molar-refractivity contribution in [3.63, 3.8) is 0 Å². The van der Waals surface area contributed by atoms with Crippen molar-refractivity contribution in [1.82, 2.24) is 5.32 Å². The van der Waals surface area contributed by atoms with Crippen LogP contribution in [0.3, 0.4) is 0 Å². The molecule has 2 nitrogen and oxygen atoms in total. The lowest BCUT2D eigenvalue weighted by atomic mass is 10.00. The SMILES string of the molecule is CCCNC(C)c1ccc(-c2cccc(C#N)c2)cc1Cl. The summed E-state index contributed by atoms with van der Waals surface area (Å²) in [5.74, 6) is 0. The summed E-state index contributed by atoms with van der Waals surface area (Å²) in [4.78, 5) is 0. The molecule has 0 aromatic heterocycles. The fourth-order valence-electron chi connectivity index (χ4n) is 2.30. The van der Waals surface area contributed by atoms with Crippen LogP contribution in [-0.2, 0) is 0 Å². The molecule has 0 aliphatic carbocycles. The van der Waals surface area contributed by atoms with E-state index < -0.39 is 0 Å². The summed E-state index contributed by atoms with van der Waals surface area (Å²) in [5, 5.41) is 13.2. The van der Waals surface area contributed by atoms with Crippen molar-refractivity contribution in [3.8, 4) is 17.2 Å². The molecule has 3 heteroatoms. The third-order valence-corrected chi connectivity index (χ3v) is 3.82. The Morgan fingerprint density at radius 3 is 2.62 bits per heavy atom. The predicted octanol–water partition coefficient (Wildman–Crippen LogP) is 4.94. The number of nitriles is 1. The Morgan fingerprint density at radius 2 is 1.95 bits per heavy atom. The lowest BCUT2D eigenvalue weighted by Crippen LogP contribution is -2.19. The maximum atomic E-state index is 8.98. The number of nitrogens with one attached hydrogen (secondary N) is 1. The van der Waals surface area contributed by atoms with Gasteiger partial charge in [0, 0.05) is 11.1 Å². The van der Waals surface area contributed by atoms with Crippen molar-refractivity contribution in [3.05, 3.63) is 58.6 Å². The second-order valence-electron chi connectivity index (χ2n) is 5.10. The highest BCUT2D eigenvalue weighted by atomic mass is 35.5. The first kappa shape index (κ1) is 15.6. The lowest BCUT2D eigenvalue weighted by molar-refractivity contribution is 0.571. The van der Waals surface area contributed by atoms with Gasteiger partial charge in [-0.15, -0.1) is 0 Å². The molecule has 1 unspecified atom stereocenters. The summed E-state index contributed by atoms with van der Waals surface area (Å²) >= 11 is 6.42. The van der Waals surface area contributed by atoms with E-state index in [0.717, 1.165) is 34.7 Å². The second-order valence-corrected chi connectivity index (χ2v) is 5.51. The normalized spacial score (nSPS) is 11.9. The van der Waals surface area contributed by atoms with Crippen LogP contribution in [0.25, 0.3) is 11.1 Å². The monoisotopic (exact) mass is 298 g/mol. The fourth-order valence-corrected chi connectivity index (χ4v) is 2.64. The van der Waals surface area contributed by atoms with Gasteiger partial charge in [-0.25, -0.2) is 0 Å². The van der Waals surface area contributed by atoms with Crippen molar-refractivity contribution >= 4 is 11.6 Å². The number of nitrogens with zero attached hydrogens (tertiary/aromatic N) is 1. The van der Waals surface area contributed by atoms with Crippen LogP contribution >= 0.6 is 11.6 Å². The largest absolute Gasteiger partial charge is 0.310 e. The molecule has 1 atom stereocenters. The Balaban J connectivity index is 2.28. The van der Waals surface area contributed by atoms with Gasteiger partial charge in [-0.2, -0.15) is 5.26 Å². The smallest absolute Gasteiger partial charge is 0.0991 e. The molecule has 0 heterocycles. The molecule has 1 N–H and O–H groups in total. The minimum Gasteiger partial charge on any atom is -0.310 e. The van der Waals surface area contributed by atoms with Crippen LogP contribution in [0.15, 0.2) is 42.5 Å². The van der Waals surface area contributed by atoms with Crippen LogP contribution in [0.4, 0.5) is 0 Å². The second kappa shape index (κ2) is 7.26. The first-order valence-corrected chi connectivity index (χ1v) is 7.57. The van der Waals surface area contributed by atoms with E-state index in [1.165, 1.54) is 0 Å². The third kappa shape index (κ3) is 3.85. The van der Waals surface area contributed by atoms with Crippen molar-refractivity contribution in [1.29, 1.82) is 5.26 Å². The van der Waals surface area contributed by atoms with Crippen LogP contribution in [0, 0.1) is 11.3 Å². The Kier molecular flexibility index (Phi) is 5.38. The molecule has 0 saturated carbocycles. The first-order chi connectivity index (χ1) is 10.2. The number of halogens is 1. The minimum atomic E-state index is 0.233. The van der Waals surface area contributed by atoms with E-state index in [4.69, 9.17) is 16.9 Å². The highest BCUT2D eigenvalue weighted by Gasteiger charge is 2.10. The molecule has 2 rings (SSSR count). The van der Waals surface area contributed by atoms with Crippen LogP contribution < -0.4 is 5.32 Å². The zero-order valence-electron chi connectivity index (χ0n) is 12.4. The van der Waals surface area contributed by atoms with Crippen molar-refractivity contribution in [2.45, 2.75) is 26.3 Å². The molecular weight excluding hydrogens is 280 g/mol. The van der Waals surface area contributed by atoms with E-state index in [2.05, 4.69) is 37.4 Å². The number of hydrogen-bond donors (Lipinski definition) is 1. The van der Waals surface area contributed by atoms with Gasteiger partial charge >= 0.3 is 0 Å². The molecule has 108 valence electrons. The Bertz CT molecular complexity index is 659. The van der Waals surface area contributed by atoms with Gasteiger partial charge in [0.05, 0.1) is 11.6 Å². The average Bonchev–Trinajstić information content (AvgIpc) is 2.52. The topological polar surface area (TPSA) is 35.8 Å². The summed E-state index contributed by atoms with van der Waals surface area (Å²) in [6, 6.07) is 16.0. The summed E-state index contributed by atoms with van der Waals surface area (Å²) in [6.45, 7) is 5.24. The van der Waals surface area contributed by atoms with Gasteiger partial charge in [0.2, 0.25) is 0 Å². The first-order valence-electron chi connectivity index (χ1n) is 7.19. The molecule has 0 bridgehead atoms. The van der Waals surface area contributed by atoms with E-state index in [1.54, 1.807) is 6.07 Å². The Labute approximate surface area is 131 Å². The number of rotatable bonds is 5. The van der Waals surface area contributed by atoms with Gasteiger partial charge in [0.25, 0.3) is 0 Å². The van der Waals surface area contributed by atoms with E-state index >= 15 is 0 Å². The quantitative estimate of drug-likeness (QED) is 0.848. The molecule has 21 heavy (non-hydrogen) atoms. The van der Waals surface area contributed by atoms with Crippen molar-refractivity contribution < 1.29 is 0 Å². The number of hydrogen-bond acceptors (Lipinski definition) is 2. The van der Waals surface area contributed by atoms with E-state index in [-0.39, 0.29) is 6.04 Å². The standard InChI is InChI=1S/C18H19ClN2/c1-3-9-21-13(2)17-8-7-16(11-18(17)19)15-6-4-5-14(10-15)12-20/h4-8,10-11,13,21H,3,9H2,1-2H3. The fraction of sp³-hybridized carbons (Fsp3) is 0.278. The molecule has 2 aromatic rings. The molecule has 0 amide bonds. The maximum Gasteiger partial charge on any atom is 0.0991 e. The van der Waals surface area contributed by atoms with E-state index in [0.29, 0.717) is 5.56 Å². The number of benzene rings is 2. The molecule has 0 aliphatic rings. The molecule has 0 spiro atoms. The summed E-state index contributed by atoms with van der Waals surface area (Å²) in [5.41, 5.74) is 3.80.